The molecule has 0 unspecified atom stereocenters. The molecule has 0 saturated heterocycles. The van der Waals surface area contributed by atoms with Crippen LogP contribution in [0.3, 0.4) is 0 Å². The molecule has 0 radical (unpaired) electrons. The molecular weight excluding hydrogens is 602 g/mol. The van der Waals surface area contributed by atoms with Crippen LogP contribution in [0.2, 0.25) is 0 Å². The first-order valence-corrected chi connectivity index (χ1v) is 10.8. The van der Waals surface area contributed by atoms with Crippen molar-refractivity contribution in [2.24, 2.45) is 0 Å². The minimum absolute atomic E-state index is 0. The summed E-state index contributed by atoms with van der Waals surface area (Å²) in [5.74, 6) is 0. The van der Waals surface area contributed by atoms with E-state index in [0.717, 1.165) is 24.5 Å². The van der Waals surface area contributed by atoms with E-state index in [1.807, 2.05) is 22.0 Å². The van der Waals surface area contributed by atoms with Crippen molar-refractivity contribution in [3.05, 3.63) is 49.6 Å². The summed E-state index contributed by atoms with van der Waals surface area (Å²) in [4.78, 5) is 0. The van der Waals surface area contributed by atoms with Gasteiger partial charge in [-0.1, -0.05) is 67.8 Å². The van der Waals surface area contributed by atoms with E-state index < -0.39 is 0 Å². The smallest absolute Gasteiger partial charge is 0.265 e. The molecule has 0 spiro atoms. The Kier molecular flexibility index (Phi) is 13.4. The van der Waals surface area contributed by atoms with Gasteiger partial charge in [0, 0.05) is 16.3 Å². The fourth-order valence-electron chi connectivity index (χ4n) is 3.36. The molecule has 0 aliphatic rings. The lowest BCUT2D eigenvalue weighted by Crippen LogP contribution is -3.00. The summed E-state index contributed by atoms with van der Waals surface area (Å²) >= 11 is 0. The predicted molar refractivity (Wildman–Crippen MR) is 109 cm³/mol. The van der Waals surface area contributed by atoms with Gasteiger partial charge in [0.25, 0.3) is 12.7 Å². The Morgan fingerprint density at radius 2 is 1.17 bits per heavy atom. The van der Waals surface area contributed by atoms with Crippen LogP contribution >= 0.6 is 0 Å². The molecule has 2 aromatic heterocycles. The Morgan fingerprint density at radius 3 is 1.60 bits per heavy atom. The maximum atomic E-state index is 4.53. The lowest BCUT2D eigenvalue weighted by molar-refractivity contribution is -0.698. The summed E-state index contributed by atoms with van der Waals surface area (Å²) in [6.45, 7) is 6.53. The molecule has 3 aromatic rings. The number of aryl methyl sites for hydroxylation is 2. The standard InChI is InChI=1S/C22H34N6.2HI/c1-3-5-7-9-14-25-17-23-27(19-25)21-12-11-13-22(16-21)28-20-26(18-24-28)15-10-8-6-4-2;;/h11-13,16-20H,3-10,14-15H2,1-2H3;2*1H/q+2;;/p-2. The van der Waals surface area contributed by atoms with Gasteiger partial charge in [-0.2, -0.15) is 0 Å². The highest BCUT2D eigenvalue weighted by molar-refractivity contribution is 5.41. The fraction of sp³-hybridized carbons (Fsp3) is 0.545. The molecule has 0 bridgehead atoms. The number of hydrogen-bond donors (Lipinski definition) is 0. The highest BCUT2D eigenvalue weighted by atomic mass is 127. The zero-order chi connectivity index (χ0) is 19.6. The molecule has 0 atom stereocenters. The molecule has 6 nitrogen and oxygen atoms in total. The number of halogens is 2. The third-order valence-corrected chi connectivity index (χ3v) is 5.06. The number of rotatable bonds is 12. The van der Waals surface area contributed by atoms with E-state index in [-0.39, 0.29) is 48.0 Å². The Labute approximate surface area is 214 Å². The minimum atomic E-state index is 0. The van der Waals surface area contributed by atoms with E-state index in [2.05, 4.69) is 70.1 Å². The van der Waals surface area contributed by atoms with Crippen molar-refractivity contribution in [3.63, 3.8) is 0 Å². The Bertz CT molecular complexity index is 780. The molecule has 0 amide bonds. The van der Waals surface area contributed by atoms with Crippen LogP contribution in [0.5, 0.6) is 0 Å². The summed E-state index contributed by atoms with van der Waals surface area (Å²) in [6.07, 6.45) is 18.1. The minimum Gasteiger partial charge on any atom is -1.00 e. The monoisotopic (exact) mass is 636 g/mol. The first kappa shape index (κ1) is 27.0. The maximum Gasteiger partial charge on any atom is 0.265 e. The lowest BCUT2D eigenvalue weighted by atomic mass is 10.2. The van der Waals surface area contributed by atoms with Gasteiger partial charge in [-0.3, -0.25) is 0 Å². The van der Waals surface area contributed by atoms with Gasteiger partial charge in [0.2, 0.25) is 12.7 Å². The van der Waals surface area contributed by atoms with Gasteiger partial charge >= 0.3 is 0 Å². The highest BCUT2D eigenvalue weighted by Crippen LogP contribution is 2.11. The lowest BCUT2D eigenvalue weighted by Gasteiger charge is -1.98. The SMILES string of the molecule is CCCCCC[n+]1cnn(-c2cccc(-n3c[n+](CCCCCC)cn3)c2)c1.[I-].[I-]. The van der Waals surface area contributed by atoms with E-state index in [9.17, 15) is 0 Å². The van der Waals surface area contributed by atoms with Crippen LogP contribution in [0, 0.1) is 0 Å². The van der Waals surface area contributed by atoms with Crippen molar-refractivity contribution in [3.8, 4) is 11.4 Å². The molecule has 0 aliphatic carbocycles. The molecule has 0 aliphatic heterocycles. The van der Waals surface area contributed by atoms with Crippen LogP contribution < -0.4 is 57.1 Å². The van der Waals surface area contributed by atoms with Gasteiger partial charge < -0.3 is 48.0 Å². The fourth-order valence-corrected chi connectivity index (χ4v) is 3.36. The topological polar surface area (TPSA) is 43.4 Å². The zero-order valence-corrected chi connectivity index (χ0v) is 22.4. The van der Waals surface area contributed by atoms with Crippen LogP contribution in [-0.2, 0) is 13.1 Å². The van der Waals surface area contributed by atoms with Crippen LogP contribution in [0.1, 0.15) is 65.2 Å². The second-order valence-electron chi connectivity index (χ2n) is 7.50. The molecule has 3 rings (SSSR count). The van der Waals surface area contributed by atoms with Gasteiger partial charge in [-0.25, -0.2) is 9.13 Å². The van der Waals surface area contributed by atoms with Crippen LogP contribution in [-0.4, -0.2) is 19.6 Å². The third kappa shape index (κ3) is 8.24. The van der Waals surface area contributed by atoms with Gasteiger partial charge in [0.15, 0.2) is 0 Å². The van der Waals surface area contributed by atoms with Crippen molar-refractivity contribution in [2.75, 3.05) is 0 Å². The molecule has 0 fully saturated rings. The Morgan fingerprint density at radius 1 is 0.700 bits per heavy atom. The summed E-state index contributed by atoms with van der Waals surface area (Å²) in [5.41, 5.74) is 2.10. The number of unbranched alkanes of at least 4 members (excludes halogenated alkanes) is 6. The van der Waals surface area contributed by atoms with E-state index in [4.69, 9.17) is 0 Å². The summed E-state index contributed by atoms with van der Waals surface area (Å²) in [6, 6.07) is 8.36. The average Bonchev–Trinajstić information content (AvgIpc) is 3.39. The Hall–Kier alpha value is -1.04. The van der Waals surface area contributed by atoms with Crippen LogP contribution in [0.25, 0.3) is 11.4 Å². The highest BCUT2D eigenvalue weighted by Gasteiger charge is 2.13. The van der Waals surface area contributed by atoms with Crippen LogP contribution in [0.4, 0.5) is 0 Å². The number of benzene rings is 1. The van der Waals surface area contributed by atoms with Gasteiger partial charge in [0.05, 0.1) is 13.1 Å². The molecule has 30 heavy (non-hydrogen) atoms. The van der Waals surface area contributed by atoms with Gasteiger partial charge in [0.1, 0.15) is 11.4 Å². The van der Waals surface area contributed by atoms with Crippen molar-refractivity contribution in [1.82, 2.24) is 19.6 Å². The van der Waals surface area contributed by atoms with Crippen molar-refractivity contribution in [1.29, 1.82) is 0 Å². The van der Waals surface area contributed by atoms with Gasteiger partial charge in [-0.15, -0.1) is 0 Å². The molecule has 0 saturated carbocycles. The van der Waals surface area contributed by atoms with Crippen molar-refractivity contribution >= 4 is 0 Å². The molecule has 166 valence electrons. The summed E-state index contributed by atoms with van der Waals surface area (Å²) in [7, 11) is 0. The summed E-state index contributed by atoms with van der Waals surface area (Å²) in [5, 5.41) is 9.06. The van der Waals surface area contributed by atoms with E-state index >= 15 is 0 Å². The number of nitrogens with zero attached hydrogens (tertiary/aromatic N) is 6. The van der Waals surface area contributed by atoms with E-state index in [1.54, 1.807) is 0 Å². The third-order valence-electron chi connectivity index (χ3n) is 5.06. The van der Waals surface area contributed by atoms with E-state index in [0.29, 0.717) is 0 Å². The predicted octanol–water partition coefficient (Wildman–Crippen LogP) is -2.20. The average molecular weight is 636 g/mol. The molecule has 2 heterocycles. The molecule has 1 aromatic carbocycles. The Balaban J connectivity index is 0.00000225. The first-order valence-electron chi connectivity index (χ1n) is 10.8. The van der Waals surface area contributed by atoms with Gasteiger partial charge in [-0.05, 0) is 25.0 Å². The van der Waals surface area contributed by atoms with Crippen molar-refractivity contribution in [2.45, 2.75) is 78.3 Å². The normalized spacial score (nSPS) is 10.5. The zero-order valence-electron chi connectivity index (χ0n) is 18.1. The van der Waals surface area contributed by atoms with E-state index in [1.165, 1.54) is 51.4 Å². The molecule has 8 heteroatoms. The molecule has 0 N–H and O–H groups in total. The quantitative estimate of drug-likeness (QED) is 0.129. The molecular formula is C22H34I2N6. The number of hydrogen-bond acceptors (Lipinski definition) is 2. The second kappa shape index (κ2) is 14.9. The first-order chi connectivity index (χ1) is 13.8. The maximum absolute atomic E-state index is 4.53. The largest absolute Gasteiger partial charge is 1.00 e. The number of aromatic nitrogens is 6. The van der Waals surface area contributed by atoms with Crippen LogP contribution in [0.15, 0.2) is 49.6 Å². The van der Waals surface area contributed by atoms with Crippen molar-refractivity contribution < 1.29 is 57.1 Å². The second-order valence-corrected chi connectivity index (χ2v) is 7.50. The summed E-state index contributed by atoms with van der Waals surface area (Å²) < 4.78 is 8.21.